The summed E-state index contributed by atoms with van der Waals surface area (Å²) in [5.74, 6) is 1.25. The average molecular weight is 446 g/mol. The Hall–Kier alpha value is -2.89. The van der Waals surface area contributed by atoms with Gasteiger partial charge in [0.25, 0.3) is 0 Å². The standard InChI is InChI=1S/C23H21Cl2NO4/c1-3-29-22(27)14-26-16-11-19(24)23(20(25)12-16)30-17-9-10-21(28-2)18(13-17)15-7-5-4-6-8-15/h4-13,26H,3,14H2,1-2H3. The van der Waals surface area contributed by atoms with E-state index >= 15 is 0 Å². The topological polar surface area (TPSA) is 56.8 Å². The van der Waals surface area contributed by atoms with Gasteiger partial charge in [-0.15, -0.1) is 0 Å². The second-order valence-electron chi connectivity index (χ2n) is 6.26. The van der Waals surface area contributed by atoms with Crippen LogP contribution in [0, 0.1) is 0 Å². The van der Waals surface area contributed by atoms with Crippen molar-refractivity contribution < 1.29 is 19.0 Å². The van der Waals surface area contributed by atoms with E-state index in [1.807, 2.05) is 42.5 Å². The van der Waals surface area contributed by atoms with E-state index in [-0.39, 0.29) is 12.5 Å². The minimum atomic E-state index is -0.364. The van der Waals surface area contributed by atoms with E-state index in [1.165, 1.54) is 0 Å². The van der Waals surface area contributed by atoms with Crippen molar-refractivity contribution in [2.45, 2.75) is 6.92 Å². The van der Waals surface area contributed by atoms with Crippen LogP contribution in [-0.4, -0.2) is 26.2 Å². The summed E-state index contributed by atoms with van der Waals surface area (Å²) < 4.78 is 16.4. The molecule has 0 saturated heterocycles. The smallest absolute Gasteiger partial charge is 0.325 e. The van der Waals surface area contributed by atoms with Gasteiger partial charge in [0, 0.05) is 11.3 Å². The molecule has 0 bridgehead atoms. The zero-order valence-electron chi connectivity index (χ0n) is 16.6. The van der Waals surface area contributed by atoms with Crippen molar-refractivity contribution in [1.82, 2.24) is 0 Å². The molecule has 3 aromatic carbocycles. The van der Waals surface area contributed by atoms with E-state index in [1.54, 1.807) is 32.2 Å². The fourth-order valence-corrected chi connectivity index (χ4v) is 3.42. The molecule has 0 atom stereocenters. The van der Waals surface area contributed by atoms with E-state index in [0.717, 1.165) is 16.9 Å². The molecular weight excluding hydrogens is 425 g/mol. The number of methoxy groups -OCH3 is 1. The summed E-state index contributed by atoms with van der Waals surface area (Å²) in [6, 6.07) is 18.6. The quantitative estimate of drug-likeness (QED) is 0.404. The van der Waals surface area contributed by atoms with Crippen LogP contribution in [0.1, 0.15) is 6.92 Å². The average Bonchev–Trinajstić information content (AvgIpc) is 2.75. The lowest BCUT2D eigenvalue weighted by molar-refractivity contribution is -0.140. The molecule has 0 unspecified atom stereocenters. The normalized spacial score (nSPS) is 10.4. The van der Waals surface area contributed by atoms with Gasteiger partial charge in [-0.1, -0.05) is 53.5 Å². The van der Waals surface area contributed by atoms with Gasteiger partial charge >= 0.3 is 5.97 Å². The monoisotopic (exact) mass is 445 g/mol. The van der Waals surface area contributed by atoms with Gasteiger partial charge in [0.15, 0.2) is 5.75 Å². The Balaban J connectivity index is 1.83. The van der Waals surface area contributed by atoms with E-state index in [9.17, 15) is 4.79 Å². The van der Waals surface area contributed by atoms with Gasteiger partial charge in [0.1, 0.15) is 18.0 Å². The molecule has 0 amide bonds. The predicted octanol–water partition coefficient (Wildman–Crippen LogP) is 6.44. The Morgan fingerprint density at radius 2 is 1.70 bits per heavy atom. The molecule has 5 nitrogen and oxygen atoms in total. The number of rotatable bonds is 8. The number of ether oxygens (including phenoxy) is 3. The van der Waals surface area contributed by atoms with Crippen molar-refractivity contribution in [3.63, 3.8) is 0 Å². The predicted molar refractivity (Wildman–Crippen MR) is 120 cm³/mol. The third-order valence-corrected chi connectivity index (χ3v) is 4.78. The van der Waals surface area contributed by atoms with Crippen LogP contribution in [0.5, 0.6) is 17.2 Å². The van der Waals surface area contributed by atoms with Gasteiger partial charge in [-0.05, 0) is 42.8 Å². The third kappa shape index (κ3) is 5.38. The minimum Gasteiger partial charge on any atom is -0.496 e. The van der Waals surface area contributed by atoms with Crippen molar-refractivity contribution in [2.24, 2.45) is 0 Å². The molecule has 0 aromatic heterocycles. The lowest BCUT2D eigenvalue weighted by Crippen LogP contribution is -2.16. The molecular formula is C23H21Cl2NO4. The molecule has 3 aromatic rings. The van der Waals surface area contributed by atoms with Crippen LogP contribution in [0.25, 0.3) is 11.1 Å². The van der Waals surface area contributed by atoms with Crippen molar-refractivity contribution in [3.05, 3.63) is 70.7 Å². The number of hydrogen-bond donors (Lipinski definition) is 1. The number of carbonyl (C=O) groups is 1. The maximum atomic E-state index is 11.5. The number of benzene rings is 3. The number of hydrogen-bond acceptors (Lipinski definition) is 5. The highest BCUT2D eigenvalue weighted by Crippen LogP contribution is 2.41. The van der Waals surface area contributed by atoms with Crippen LogP contribution < -0.4 is 14.8 Å². The van der Waals surface area contributed by atoms with Crippen molar-refractivity contribution in [1.29, 1.82) is 0 Å². The van der Waals surface area contributed by atoms with Crippen molar-refractivity contribution in [2.75, 3.05) is 25.6 Å². The minimum absolute atomic E-state index is 0.0135. The van der Waals surface area contributed by atoms with Gasteiger partial charge in [-0.25, -0.2) is 0 Å². The van der Waals surface area contributed by atoms with Gasteiger partial charge in [-0.2, -0.15) is 0 Å². The van der Waals surface area contributed by atoms with E-state index in [2.05, 4.69) is 5.32 Å². The van der Waals surface area contributed by atoms with Crippen LogP contribution in [0.3, 0.4) is 0 Å². The Morgan fingerprint density at radius 3 is 2.33 bits per heavy atom. The summed E-state index contributed by atoms with van der Waals surface area (Å²) in [7, 11) is 1.62. The number of nitrogens with one attached hydrogen (secondary N) is 1. The van der Waals surface area contributed by atoms with Crippen LogP contribution in [0.15, 0.2) is 60.7 Å². The van der Waals surface area contributed by atoms with E-state index < -0.39 is 0 Å². The van der Waals surface area contributed by atoms with Gasteiger partial charge in [0.2, 0.25) is 0 Å². The van der Waals surface area contributed by atoms with Crippen molar-refractivity contribution >= 4 is 34.9 Å². The summed E-state index contributed by atoms with van der Waals surface area (Å²) in [6.45, 7) is 2.08. The summed E-state index contributed by atoms with van der Waals surface area (Å²) in [5.41, 5.74) is 2.47. The zero-order chi connectivity index (χ0) is 21.5. The van der Waals surface area contributed by atoms with Crippen LogP contribution in [0.2, 0.25) is 10.0 Å². The lowest BCUT2D eigenvalue weighted by atomic mass is 10.0. The summed E-state index contributed by atoms with van der Waals surface area (Å²) in [4.78, 5) is 11.5. The Labute approximate surface area is 185 Å². The summed E-state index contributed by atoms with van der Waals surface area (Å²) in [6.07, 6.45) is 0. The molecule has 1 N–H and O–H groups in total. The fourth-order valence-electron chi connectivity index (χ4n) is 2.86. The second-order valence-corrected chi connectivity index (χ2v) is 7.07. The molecule has 3 rings (SSSR count). The maximum Gasteiger partial charge on any atom is 0.325 e. The van der Waals surface area contributed by atoms with Gasteiger partial charge in [-0.3, -0.25) is 4.79 Å². The SMILES string of the molecule is CCOC(=O)CNc1cc(Cl)c(Oc2ccc(OC)c(-c3ccccc3)c2)c(Cl)c1. The first-order valence-corrected chi connectivity index (χ1v) is 10.1. The maximum absolute atomic E-state index is 11.5. The lowest BCUT2D eigenvalue weighted by Gasteiger charge is -2.15. The van der Waals surface area contributed by atoms with Crippen LogP contribution in [-0.2, 0) is 9.53 Å². The first kappa shape index (κ1) is 21.8. The van der Waals surface area contributed by atoms with Crippen LogP contribution >= 0.6 is 23.2 Å². The highest BCUT2D eigenvalue weighted by atomic mass is 35.5. The molecule has 0 aliphatic heterocycles. The van der Waals surface area contributed by atoms with E-state index in [0.29, 0.717) is 33.8 Å². The first-order valence-electron chi connectivity index (χ1n) is 9.31. The molecule has 156 valence electrons. The molecule has 7 heteroatoms. The summed E-state index contributed by atoms with van der Waals surface area (Å²) >= 11 is 12.8. The molecule has 0 spiro atoms. The highest BCUT2D eigenvalue weighted by Gasteiger charge is 2.14. The first-order chi connectivity index (χ1) is 14.5. The molecule has 0 saturated carbocycles. The Bertz CT molecular complexity index is 1000. The van der Waals surface area contributed by atoms with Crippen LogP contribution in [0.4, 0.5) is 5.69 Å². The fraction of sp³-hybridized carbons (Fsp3) is 0.174. The van der Waals surface area contributed by atoms with Gasteiger partial charge < -0.3 is 19.5 Å². The third-order valence-electron chi connectivity index (χ3n) is 4.22. The molecule has 0 aliphatic rings. The van der Waals surface area contributed by atoms with Crippen molar-refractivity contribution in [3.8, 4) is 28.4 Å². The molecule has 0 heterocycles. The number of anilines is 1. The summed E-state index contributed by atoms with van der Waals surface area (Å²) in [5, 5.41) is 3.55. The molecule has 0 aliphatic carbocycles. The molecule has 0 radical (unpaired) electrons. The van der Waals surface area contributed by atoms with Gasteiger partial charge in [0.05, 0.1) is 23.8 Å². The zero-order valence-corrected chi connectivity index (χ0v) is 18.1. The molecule has 30 heavy (non-hydrogen) atoms. The van der Waals surface area contributed by atoms with E-state index in [4.69, 9.17) is 37.4 Å². The second kappa shape index (κ2) is 10.2. The molecule has 0 fully saturated rings. The number of esters is 1. The Kier molecular flexibility index (Phi) is 7.44. The highest BCUT2D eigenvalue weighted by molar-refractivity contribution is 6.37. The number of halogens is 2. The number of carbonyl (C=O) groups excluding carboxylic acids is 1. The largest absolute Gasteiger partial charge is 0.496 e. The Morgan fingerprint density at radius 1 is 1.00 bits per heavy atom.